The molecule has 0 bridgehead atoms. The summed E-state index contributed by atoms with van der Waals surface area (Å²) in [5.74, 6) is -0.896. The fourth-order valence-corrected chi connectivity index (χ4v) is 4.08. The number of hydrogen-bond acceptors (Lipinski definition) is 3. The minimum Gasteiger partial charge on any atom is -0.347 e. The first-order valence-corrected chi connectivity index (χ1v) is 10.6. The van der Waals surface area contributed by atoms with E-state index in [0.717, 1.165) is 21.7 Å². The number of nitrogens with one attached hydrogen (secondary N) is 1. The van der Waals surface area contributed by atoms with E-state index in [1.807, 2.05) is 38.1 Å². The largest absolute Gasteiger partial charge is 0.347 e. The molecular weight excluding hydrogens is 367 g/mol. The second-order valence-electron chi connectivity index (χ2n) is 6.59. The number of halogens is 1. The van der Waals surface area contributed by atoms with Crippen LogP contribution in [-0.4, -0.2) is 26.6 Å². The van der Waals surface area contributed by atoms with Gasteiger partial charge in [0, 0.05) is 0 Å². The Bertz CT molecular complexity index is 880. The molecule has 0 aliphatic heterocycles. The van der Waals surface area contributed by atoms with Crippen LogP contribution in [-0.2, 0) is 14.8 Å². The van der Waals surface area contributed by atoms with E-state index in [0.29, 0.717) is 6.42 Å². The highest BCUT2D eigenvalue weighted by molar-refractivity contribution is 7.92. The Morgan fingerprint density at radius 1 is 1.11 bits per heavy atom. The van der Waals surface area contributed by atoms with Gasteiger partial charge in [-0.25, -0.2) is 12.8 Å². The summed E-state index contributed by atoms with van der Waals surface area (Å²) < 4.78 is 38.8. The van der Waals surface area contributed by atoms with Crippen LogP contribution >= 0.6 is 0 Å². The van der Waals surface area contributed by atoms with Crippen molar-refractivity contribution in [1.29, 1.82) is 0 Å². The SMILES string of the molecule is CC[C@@H](NC(=O)[C@@H](C)N(c1ccc(F)cc1)S(C)(=O)=O)c1ccc(C)cc1. The van der Waals surface area contributed by atoms with Crippen LogP contribution in [0.2, 0.25) is 0 Å². The second-order valence-corrected chi connectivity index (χ2v) is 8.45. The molecule has 0 fully saturated rings. The van der Waals surface area contributed by atoms with E-state index in [1.165, 1.54) is 31.2 Å². The summed E-state index contributed by atoms with van der Waals surface area (Å²) in [6.07, 6.45) is 1.69. The van der Waals surface area contributed by atoms with Crippen LogP contribution in [0.3, 0.4) is 0 Å². The highest BCUT2D eigenvalue weighted by Gasteiger charge is 2.30. The minimum atomic E-state index is -3.74. The molecule has 2 rings (SSSR count). The molecule has 27 heavy (non-hydrogen) atoms. The van der Waals surface area contributed by atoms with Crippen LogP contribution in [0, 0.1) is 12.7 Å². The first kappa shape index (κ1) is 20.9. The van der Waals surface area contributed by atoms with Gasteiger partial charge in [0.15, 0.2) is 0 Å². The third-order valence-electron chi connectivity index (χ3n) is 4.37. The Hall–Kier alpha value is -2.41. The molecule has 0 radical (unpaired) electrons. The van der Waals surface area contributed by atoms with Gasteiger partial charge in [0.2, 0.25) is 15.9 Å². The Balaban J connectivity index is 2.26. The van der Waals surface area contributed by atoms with Gasteiger partial charge in [0.05, 0.1) is 18.0 Å². The first-order valence-electron chi connectivity index (χ1n) is 8.75. The van der Waals surface area contributed by atoms with Gasteiger partial charge in [-0.15, -0.1) is 0 Å². The number of carbonyl (C=O) groups excluding carboxylic acids is 1. The fraction of sp³-hybridized carbons (Fsp3) is 0.350. The van der Waals surface area contributed by atoms with Crippen molar-refractivity contribution in [3.05, 3.63) is 65.5 Å². The highest BCUT2D eigenvalue weighted by atomic mass is 32.2. The maximum absolute atomic E-state index is 13.2. The summed E-state index contributed by atoms with van der Waals surface area (Å²) in [6, 6.07) is 11.6. The molecule has 1 N–H and O–H groups in total. The van der Waals surface area contributed by atoms with E-state index < -0.39 is 27.8 Å². The normalized spacial score (nSPS) is 13.7. The maximum Gasteiger partial charge on any atom is 0.244 e. The fourth-order valence-electron chi connectivity index (χ4n) is 2.91. The van der Waals surface area contributed by atoms with Crippen molar-refractivity contribution in [2.75, 3.05) is 10.6 Å². The average molecular weight is 392 g/mol. The van der Waals surface area contributed by atoms with E-state index in [9.17, 15) is 17.6 Å². The number of benzene rings is 2. The zero-order valence-electron chi connectivity index (χ0n) is 15.9. The topological polar surface area (TPSA) is 66.5 Å². The van der Waals surface area contributed by atoms with Crippen molar-refractivity contribution < 1.29 is 17.6 Å². The lowest BCUT2D eigenvalue weighted by molar-refractivity contribution is -0.122. The van der Waals surface area contributed by atoms with Crippen LogP contribution in [0.5, 0.6) is 0 Å². The second kappa shape index (κ2) is 8.52. The van der Waals surface area contributed by atoms with Crippen LogP contribution in [0.1, 0.15) is 37.4 Å². The number of aryl methyl sites for hydroxylation is 1. The lowest BCUT2D eigenvalue weighted by Gasteiger charge is -2.29. The predicted molar refractivity (Wildman–Crippen MR) is 106 cm³/mol. The van der Waals surface area contributed by atoms with E-state index in [-0.39, 0.29) is 11.7 Å². The third-order valence-corrected chi connectivity index (χ3v) is 5.62. The van der Waals surface area contributed by atoms with Crippen molar-refractivity contribution >= 4 is 21.6 Å². The maximum atomic E-state index is 13.2. The van der Waals surface area contributed by atoms with Gasteiger partial charge in [-0.05, 0) is 50.1 Å². The summed E-state index contributed by atoms with van der Waals surface area (Å²) in [4.78, 5) is 12.8. The van der Waals surface area contributed by atoms with Gasteiger partial charge >= 0.3 is 0 Å². The summed E-state index contributed by atoms with van der Waals surface area (Å²) in [7, 11) is -3.74. The van der Waals surface area contributed by atoms with Crippen molar-refractivity contribution in [2.45, 2.75) is 39.3 Å². The molecule has 0 saturated heterocycles. The van der Waals surface area contributed by atoms with Crippen LogP contribution in [0.4, 0.5) is 10.1 Å². The van der Waals surface area contributed by atoms with Crippen LogP contribution in [0.15, 0.2) is 48.5 Å². The number of anilines is 1. The quantitative estimate of drug-likeness (QED) is 0.784. The van der Waals surface area contributed by atoms with Crippen LogP contribution in [0.25, 0.3) is 0 Å². The molecule has 2 atom stereocenters. The molecule has 7 heteroatoms. The molecule has 0 unspecified atom stereocenters. The van der Waals surface area contributed by atoms with Gasteiger partial charge in [-0.2, -0.15) is 0 Å². The molecule has 0 aliphatic rings. The van der Waals surface area contributed by atoms with Gasteiger partial charge in [0.25, 0.3) is 0 Å². The van der Waals surface area contributed by atoms with Gasteiger partial charge < -0.3 is 5.32 Å². The molecule has 0 aromatic heterocycles. The molecule has 146 valence electrons. The van der Waals surface area contributed by atoms with Crippen molar-refractivity contribution in [1.82, 2.24) is 5.32 Å². The van der Waals surface area contributed by atoms with Crippen molar-refractivity contribution in [2.24, 2.45) is 0 Å². The number of sulfonamides is 1. The molecule has 5 nitrogen and oxygen atoms in total. The predicted octanol–water partition coefficient (Wildman–Crippen LogP) is 3.56. The molecule has 0 heterocycles. The Labute approximate surface area is 160 Å². The van der Waals surface area contributed by atoms with E-state index in [4.69, 9.17) is 0 Å². The molecule has 2 aromatic carbocycles. The first-order chi connectivity index (χ1) is 12.6. The molecule has 0 spiro atoms. The standard InChI is InChI=1S/C20H25FN2O3S/c1-5-19(16-8-6-14(2)7-9-16)22-20(24)15(3)23(27(4,25)26)18-12-10-17(21)11-13-18/h6-13,15,19H,5H2,1-4H3,(H,22,24)/t15-,19-/m1/s1. The molecule has 2 aromatic rings. The Morgan fingerprint density at radius 3 is 2.15 bits per heavy atom. The van der Waals surface area contributed by atoms with Crippen molar-refractivity contribution in [3.8, 4) is 0 Å². The number of rotatable bonds is 7. The summed E-state index contributed by atoms with van der Waals surface area (Å²) in [6.45, 7) is 5.45. The van der Waals surface area contributed by atoms with E-state index in [1.54, 1.807) is 0 Å². The minimum absolute atomic E-state index is 0.227. The molecule has 1 amide bonds. The van der Waals surface area contributed by atoms with Crippen molar-refractivity contribution in [3.63, 3.8) is 0 Å². The zero-order chi connectivity index (χ0) is 20.2. The number of amides is 1. The number of hydrogen-bond donors (Lipinski definition) is 1. The summed E-state index contributed by atoms with van der Waals surface area (Å²) >= 11 is 0. The van der Waals surface area contributed by atoms with Gasteiger partial charge in [-0.3, -0.25) is 9.10 Å². The van der Waals surface area contributed by atoms with Crippen LogP contribution < -0.4 is 9.62 Å². The summed E-state index contributed by atoms with van der Waals surface area (Å²) in [5, 5.41) is 2.92. The Kier molecular flexibility index (Phi) is 6.59. The van der Waals surface area contributed by atoms with Gasteiger partial charge in [-0.1, -0.05) is 36.8 Å². The lowest BCUT2D eigenvalue weighted by Crippen LogP contribution is -2.48. The highest BCUT2D eigenvalue weighted by Crippen LogP contribution is 2.23. The van der Waals surface area contributed by atoms with Gasteiger partial charge in [0.1, 0.15) is 11.9 Å². The lowest BCUT2D eigenvalue weighted by atomic mass is 10.0. The molecule has 0 aliphatic carbocycles. The monoisotopic (exact) mass is 392 g/mol. The average Bonchev–Trinajstić information content (AvgIpc) is 2.61. The smallest absolute Gasteiger partial charge is 0.244 e. The summed E-state index contributed by atoms with van der Waals surface area (Å²) in [5.41, 5.74) is 2.31. The molecule has 0 saturated carbocycles. The molecular formula is C20H25FN2O3S. The Morgan fingerprint density at radius 2 is 1.67 bits per heavy atom. The number of nitrogens with zero attached hydrogens (tertiary/aromatic N) is 1. The van der Waals surface area contributed by atoms with E-state index in [2.05, 4.69) is 5.32 Å². The third kappa shape index (κ3) is 5.29. The van der Waals surface area contributed by atoms with E-state index >= 15 is 0 Å². The zero-order valence-corrected chi connectivity index (χ0v) is 16.8. The number of carbonyl (C=O) groups is 1.